The van der Waals surface area contributed by atoms with Crippen molar-refractivity contribution < 1.29 is 9.18 Å². The average Bonchev–Trinajstić information content (AvgIpc) is 2.47. The molecule has 0 radical (unpaired) electrons. The van der Waals surface area contributed by atoms with Crippen LogP contribution in [0.2, 0.25) is 0 Å². The van der Waals surface area contributed by atoms with Crippen LogP contribution in [0.5, 0.6) is 0 Å². The second kappa shape index (κ2) is 7.09. The molecule has 0 spiro atoms. The Morgan fingerprint density at radius 2 is 2.30 bits per heavy atom. The third kappa shape index (κ3) is 3.73. The molecule has 20 heavy (non-hydrogen) atoms. The van der Waals surface area contributed by atoms with Crippen molar-refractivity contribution in [2.75, 3.05) is 25.1 Å². The van der Waals surface area contributed by atoms with Crippen LogP contribution in [-0.2, 0) is 4.79 Å². The Labute approximate surface area is 123 Å². The highest BCUT2D eigenvalue weighted by molar-refractivity contribution is 7.99. The number of hydrogen-bond donors (Lipinski definition) is 1. The van der Waals surface area contributed by atoms with Crippen molar-refractivity contribution >= 4 is 17.7 Å². The van der Waals surface area contributed by atoms with Crippen LogP contribution in [0, 0.1) is 5.82 Å². The number of carbonyl (C=O) groups excluding carboxylic acids is 1. The summed E-state index contributed by atoms with van der Waals surface area (Å²) in [5.41, 5.74) is 0.564. The van der Waals surface area contributed by atoms with Gasteiger partial charge in [0, 0.05) is 43.1 Å². The predicted octanol–water partition coefficient (Wildman–Crippen LogP) is 2.44. The van der Waals surface area contributed by atoms with Crippen molar-refractivity contribution in [3.05, 3.63) is 35.6 Å². The fourth-order valence-electron chi connectivity index (χ4n) is 2.34. The average molecular weight is 296 g/mol. The molecule has 0 saturated carbocycles. The van der Waals surface area contributed by atoms with Gasteiger partial charge in [-0.3, -0.25) is 4.79 Å². The number of carbonyl (C=O) groups is 1. The third-order valence-corrected chi connectivity index (χ3v) is 4.88. The maximum absolute atomic E-state index is 13.8. The maximum Gasteiger partial charge on any atom is 0.224 e. The lowest BCUT2D eigenvalue weighted by Crippen LogP contribution is -2.42. The van der Waals surface area contributed by atoms with Crippen LogP contribution in [0.15, 0.2) is 24.3 Å². The fraction of sp³-hybridized carbons (Fsp3) is 0.533. The summed E-state index contributed by atoms with van der Waals surface area (Å²) < 4.78 is 13.8. The van der Waals surface area contributed by atoms with Crippen LogP contribution < -0.4 is 5.32 Å². The van der Waals surface area contributed by atoms with Crippen LogP contribution >= 0.6 is 11.8 Å². The number of thioether (sulfide) groups is 1. The molecule has 1 fully saturated rings. The SMILES string of the molecule is CC(c1ccccc1F)N(C)C(=O)CC1CSCCN1. The molecule has 1 aromatic carbocycles. The highest BCUT2D eigenvalue weighted by Crippen LogP contribution is 2.22. The van der Waals surface area contributed by atoms with Gasteiger partial charge >= 0.3 is 0 Å². The van der Waals surface area contributed by atoms with Crippen molar-refractivity contribution in [3.63, 3.8) is 0 Å². The van der Waals surface area contributed by atoms with Crippen LogP contribution in [-0.4, -0.2) is 41.9 Å². The first kappa shape index (κ1) is 15.3. The molecule has 2 unspecified atom stereocenters. The topological polar surface area (TPSA) is 32.3 Å². The summed E-state index contributed by atoms with van der Waals surface area (Å²) in [4.78, 5) is 13.9. The van der Waals surface area contributed by atoms with Crippen molar-refractivity contribution in [3.8, 4) is 0 Å². The Morgan fingerprint density at radius 1 is 1.55 bits per heavy atom. The zero-order chi connectivity index (χ0) is 14.5. The minimum atomic E-state index is -0.258. The van der Waals surface area contributed by atoms with Crippen LogP contribution in [0.25, 0.3) is 0 Å². The Morgan fingerprint density at radius 3 is 2.95 bits per heavy atom. The zero-order valence-corrected chi connectivity index (χ0v) is 12.8. The monoisotopic (exact) mass is 296 g/mol. The lowest BCUT2D eigenvalue weighted by atomic mass is 10.1. The first-order chi connectivity index (χ1) is 9.59. The summed E-state index contributed by atoms with van der Waals surface area (Å²) >= 11 is 1.87. The van der Waals surface area contributed by atoms with Crippen molar-refractivity contribution in [2.45, 2.75) is 25.4 Å². The summed E-state index contributed by atoms with van der Waals surface area (Å²) in [6, 6.07) is 6.61. The van der Waals surface area contributed by atoms with Gasteiger partial charge in [-0.15, -0.1) is 0 Å². The normalized spacial score (nSPS) is 20.4. The lowest BCUT2D eigenvalue weighted by Gasteiger charge is -2.29. The Kier molecular flexibility index (Phi) is 5.43. The summed E-state index contributed by atoms with van der Waals surface area (Å²) in [7, 11) is 1.75. The molecule has 110 valence electrons. The zero-order valence-electron chi connectivity index (χ0n) is 11.9. The summed E-state index contributed by atoms with van der Waals surface area (Å²) in [5.74, 6) is 1.87. The van der Waals surface area contributed by atoms with Gasteiger partial charge in [0.05, 0.1) is 6.04 Å². The number of nitrogens with zero attached hydrogens (tertiary/aromatic N) is 1. The maximum atomic E-state index is 13.8. The van der Waals surface area contributed by atoms with E-state index in [1.807, 2.05) is 18.7 Å². The molecular formula is C15H21FN2OS. The molecular weight excluding hydrogens is 275 g/mol. The van der Waals surface area contributed by atoms with E-state index in [4.69, 9.17) is 0 Å². The van der Waals surface area contributed by atoms with Crippen LogP contribution in [0.1, 0.15) is 24.9 Å². The largest absolute Gasteiger partial charge is 0.339 e. The van der Waals surface area contributed by atoms with Crippen molar-refractivity contribution in [1.82, 2.24) is 10.2 Å². The van der Waals surface area contributed by atoms with Crippen LogP contribution in [0.4, 0.5) is 4.39 Å². The summed E-state index contributed by atoms with van der Waals surface area (Å²) in [6.45, 7) is 2.81. The number of rotatable bonds is 4. The molecule has 1 saturated heterocycles. The van der Waals surface area contributed by atoms with Gasteiger partial charge in [0.25, 0.3) is 0 Å². The summed E-state index contributed by atoms with van der Waals surface area (Å²) in [5, 5.41) is 3.35. The van der Waals surface area contributed by atoms with Gasteiger partial charge < -0.3 is 10.2 Å². The molecule has 5 heteroatoms. The second-order valence-electron chi connectivity index (χ2n) is 5.13. The van der Waals surface area contributed by atoms with Gasteiger partial charge in [0.2, 0.25) is 5.91 Å². The molecule has 2 rings (SSSR count). The van der Waals surface area contributed by atoms with E-state index in [-0.39, 0.29) is 23.8 Å². The van der Waals surface area contributed by atoms with E-state index < -0.39 is 0 Å². The Balaban J connectivity index is 1.97. The van der Waals surface area contributed by atoms with E-state index in [1.54, 1.807) is 30.1 Å². The first-order valence-electron chi connectivity index (χ1n) is 6.91. The molecule has 0 aromatic heterocycles. The van der Waals surface area contributed by atoms with Gasteiger partial charge in [-0.2, -0.15) is 11.8 Å². The molecule has 2 atom stereocenters. The number of benzene rings is 1. The molecule has 3 nitrogen and oxygen atoms in total. The molecule has 1 aromatic rings. The van der Waals surface area contributed by atoms with Gasteiger partial charge in [-0.25, -0.2) is 4.39 Å². The second-order valence-corrected chi connectivity index (χ2v) is 6.28. The third-order valence-electron chi connectivity index (χ3n) is 3.75. The molecule has 0 bridgehead atoms. The number of halogens is 1. The van der Waals surface area contributed by atoms with E-state index in [1.165, 1.54) is 6.07 Å². The minimum absolute atomic E-state index is 0.0563. The number of amides is 1. The predicted molar refractivity (Wildman–Crippen MR) is 81.3 cm³/mol. The Hall–Kier alpha value is -1.07. The van der Waals surface area contributed by atoms with Gasteiger partial charge in [-0.05, 0) is 13.0 Å². The minimum Gasteiger partial charge on any atom is -0.339 e. The standard InChI is InChI=1S/C15H21FN2OS/c1-11(13-5-3-4-6-14(13)16)18(2)15(19)9-12-10-20-8-7-17-12/h3-6,11-12,17H,7-10H2,1-2H3. The summed E-state index contributed by atoms with van der Waals surface area (Å²) in [6.07, 6.45) is 0.474. The van der Waals surface area contributed by atoms with Gasteiger partial charge in [0.1, 0.15) is 5.82 Å². The van der Waals surface area contributed by atoms with Gasteiger partial charge in [0.15, 0.2) is 0 Å². The van der Waals surface area contributed by atoms with E-state index >= 15 is 0 Å². The molecule has 1 N–H and O–H groups in total. The highest BCUT2D eigenvalue weighted by Gasteiger charge is 2.23. The molecule has 1 amide bonds. The smallest absolute Gasteiger partial charge is 0.224 e. The van der Waals surface area contributed by atoms with Gasteiger partial charge in [-0.1, -0.05) is 18.2 Å². The van der Waals surface area contributed by atoms with E-state index in [0.29, 0.717) is 12.0 Å². The van der Waals surface area contributed by atoms with Crippen molar-refractivity contribution in [1.29, 1.82) is 0 Å². The first-order valence-corrected chi connectivity index (χ1v) is 8.06. The lowest BCUT2D eigenvalue weighted by molar-refractivity contribution is -0.132. The quantitative estimate of drug-likeness (QED) is 0.926. The van der Waals surface area contributed by atoms with E-state index in [9.17, 15) is 9.18 Å². The Bertz CT molecular complexity index is 463. The van der Waals surface area contributed by atoms with Crippen LogP contribution in [0.3, 0.4) is 0 Å². The molecule has 1 aliphatic rings. The molecule has 1 aliphatic heterocycles. The highest BCUT2D eigenvalue weighted by atomic mass is 32.2. The molecule has 1 heterocycles. The number of nitrogens with one attached hydrogen (secondary N) is 1. The van der Waals surface area contributed by atoms with E-state index in [2.05, 4.69) is 5.32 Å². The van der Waals surface area contributed by atoms with E-state index in [0.717, 1.165) is 18.1 Å². The fourth-order valence-corrected chi connectivity index (χ4v) is 3.29. The molecule has 0 aliphatic carbocycles. The number of hydrogen-bond acceptors (Lipinski definition) is 3. The van der Waals surface area contributed by atoms with Crippen molar-refractivity contribution in [2.24, 2.45) is 0 Å².